The second kappa shape index (κ2) is 5.82. The summed E-state index contributed by atoms with van der Waals surface area (Å²) in [7, 11) is 0. The van der Waals surface area contributed by atoms with E-state index < -0.39 is 5.97 Å². The predicted molar refractivity (Wildman–Crippen MR) is 65.2 cm³/mol. The molecule has 0 atom stereocenters. The standard InChI is InChI=1S/C13H17NO4/c1-2-18-12-8-14-11(7-10(12)13(15)16)9-3-5-17-6-4-9/h7-9H,2-6H2,1H3,(H,15,16). The highest BCUT2D eigenvalue weighted by atomic mass is 16.5. The van der Waals surface area contributed by atoms with E-state index in [0.29, 0.717) is 25.6 Å². The third kappa shape index (κ3) is 2.79. The Kier molecular flexibility index (Phi) is 4.15. The number of hydrogen-bond donors (Lipinski definition) is 1. The van der Waals surface area contributed by atoms with E-state index in [2.05, 4.69) is 4.98 Å². The minimum atomic E-state index is -0.978. The van der Waals surface area contributed by atoms with Crippen LogP contribution in [0.2, 0.25) is 0 Å². The van der Waals surface area contributed by atoms with E-state index in [1.54, 1.807) is 6.07 Å². The summed E-state index contributed by atoms with van der Waals surface area (Å²) >= 11 is 0. The molecule has 1 N–H and O–H groups in total. The third-order valence-electron chi connectivity index (χ3n) is 3.06. The van der Waals surface area contributed by atoms with Crippen molar-refractivity contribution in [2.24, 2.45) is 0 Å². The van der Waals surface area contributed by atoms with Crippen molar-refractivity contribution in [1.29, 1.82) is 0 Å². The van der Waals surface area contributed by atoms with Crippen molar-refractivity contribution in [3.05, 3.63) is 23.5 Å². The third-order valence-corrected chi connectivity index (χ3v) is 3.06. The van der Waals surface area contributed by atoms with E-state index >= 15 is 0 Å². The van der Waals surface area contributed by atoms with Crippen LogP contribution in [-0.2, 0) is 4.74 Å². The maximum atomic E-state index is 11.2. The fourth-order valence-corrected chi connectivity index (χ4v) is 2.11. The smallest absolute Gasteiger partial charge is 0.339 e. The van der Waals surface area contributed by atoms with E-state index in [1.165, 1.54) is 6.20 Å². The normalized spacial score (nSPS) is 16.5. The summed E-state index contributed by atoms with van der Waals surface area (Å²) in [6, 6.07) is 1.63. The number of nitrogens with zero attached hydrogens (tertiary/aromatic N) is 1. The molecule has 0 aliphatic carbocycles. The first kappa shape index (κ1) is 12.8. The van der Waals surface area contributed by atoms with Gasteiger partial charge in [-0.25, -0.2) is 4.79 Å². The number of hydrogen-bond acceptors (Lipinski definition) is 4. The van der Waals surface area contributed by atoms with Gasteiger partial charge in [0.25, 0.3) is 0 Å². The van der Waals surface area contributed by atoms with Crippen molar-refractivity contribution >= 4 is 5.97 Å². The van der Waals surface area contributed by atoms with Gasteiger partial charge < -0.3 is 14.6 Å². The predicted octanol–water partition coefficient (Wildman–Crippen LogP) is 2.07. The summed E-state index contributed by atoms with van der Waals surface area (Å²) in [5.74, 6) is -0.359. The lowest BCUT2D eigenvalue weighted by Crippen LogP contribution is -2.16. The Morgan fingerprint density at radius 2 is 2.28 bits per heavy atom. The maximum Gasteiger partial charge on any atom is 0.339 e. The molecule has 2 rings (SSSR count). The second-order valence-electron chi connectivity index (χ2n) is 4.23. The van der Waals surface area contributed by atoms with Crippen LogP contribution in [0, 0.1) is 0 Å². The van der Waals surface area contributed by atoms with Crippen LogP contribution in [0.3, 0.4) is 0 Å². The lowest BCUT2D eigenvalue weighted by atomic mass is 9.95. The molecule has 0 spiro atoms. The van der Waals surface area contributed by atoms with Gasteiger partial charge in [-0.15, -0.1) is 0 Å². The zero-order chi connectivity index (χ0) is 13.0. The molecule has 1 aliphatic heterocycles. The molecule has 1 fully saturated rings. The Labute approximate surface area is 106 Å². The molecule has 1 aromatic rings. The number of aromatic nitrogens is 1. The molecule has 18 heavy (non-hydrogen) atoms. The molecule has 0 saturated carbocycles. The molecular weight excluding hydrogens is 234 g/mol. The van der Waals surface area contributed by atoms with Gasteiger partial charge in [0.15, 0.2) is 5.75 Å². The average molecular weight is 251 g/mol. The SMILES string of the molecule is CCOc1cnc(C2CCOCC2)cc1C(=O)O. The van der Waals surface area contributed by atoms with E-state index in [9.17, 15) is 9.90 Å². The van der Waals surface area contributed by atoms with Crippen molar-refractivity contribution in [2.75, 3.05) is 19.8 Å². The van der Waals surface area contributed by atoms with Gasteiger partial charge in [0.2, 0.25) is 0 Å². The molecule has 98 valence electrons. The molecule has 5 nitrogen and oxygen atoms in total. The molecule has 1 saturated heterocycles. The van der Waals surface area contributed by atoms with Crippen molar-refractivity contribution < 1.29 is 19.4 Å². The molecule has 0 aromatic carbocycles. The number of rotatable bonds is 4. The van der Waals surface area contributed by atoms with Crippen LogP contribution in [0.25, 0.3) is 0 Å². The molecule has 5 heteroatoms. The Bertz CT molecular complexity index is 427. The Hall–Kier alpha value is -1.62. The van der Waals surface area contributed by atoms with E-state index in [-0.39, 0.29) is 11.5 Å². The fourth-order valence-electron chi connectivity index (χ4n) is 2.11. The van der Waals surface area contributed by atoms with Crippen molar-refractivity contribution in [3.63, 3.8) is 0 Å². The van der Waals surface area contributed by atoms with Crippen LogP contribution in [0.5, 0.6) is 5.75 Å². The number of carboxylic acids is 1. The molecule has 0 amide bonds. The highest BCUT2D eigenvalue weighted by Gasteiger charge is 2.20. The lowest BCUT2D eigenvalue weighted by Gasteiger charge is -2.22. The number of pyridine rings is 1. The van der Waals surface area contributed by atoms with Gasteiger partial charge in [-0.3, -0.25) is 4.98 Å². The van der Waals surface area contributed by atoms with Crippen LogP contribution in [-0.4, -0.2) is 35.9 Å². The topological polar surface area (TPSA) is 68.7 Å². The first-order valence-corrected chi connectivity index (χ1v) is 6.16. The van der Waals surface area contributed by atoms with Gasteiger partial charge in [-0.05, 0) is 25.8 Å². The van der Waals surface area contributed by atoms with E-state index in [0.717, 1.165) is 18.5 Å². The van der Waals surface area contributed by atoms with Crippen LogP contribution in [0.1, 0.15) is 41.7 Å². The second-order valence-corrected chi connectivity index (χ2v) is 4.23. The maximum absolute atomic E-state index is 11.2. The highest BCUT2D eigenvalue weighted by molar-refractivity contribution is 5.90. The van der Waals surface area contributed by atoms with E-state index in [1.807, 2.05) is 6.92 Å². The molecule has 2 heterocycles. The molecule has 0 unspecified atom stereocenters. The summed E-state index contributed by atoms with van der Waals surface area (Å²) in [5.41, 5.74) is 1.01. The molecule has 1 aliphatic rings. The Balaban J connectivity index is 2.27. The minimum Gasteiger partial charge on any atom is -0.491 e. The summed E-state index contributed by atoms with van der Waals surface area (Å²) in [5, 5.41) is 9.18. The van der Waals surface area contributed by atoms with Crippen molar-refractivity contribution in [2.45, 2.75) is 25.7 Å². The zero-order valence-electron chi connectivity index (χ0n) is 10.4. The fraction of sp³-hybridized carbons (Fsp3) is 0.538. The summed E-state index contributed by atoms with van der Waals surface area (Å²) < 4.78 is 10.6. The van der Waals surface area contributed by atoms with Crippen LogP contribution < -0.4 is 4.74 Å². The summed E-state index contributed by atoms with van der Waals surface area (Å²) in [4.78, 5) is 15.5. The zero-order valence-corrected chi connectivity index (χ0v) is 10.4. The van der Waals surface area contributed by atoms with Crippen LogP contribution in [0.4, 0.5) is 0 Å². The van der Waals surface area contributed by atoms with Gasteiger partial charge in [0.1, 0.15) is 5.56 Å². The number of aromatic carboxylic acids is 1. The molecule has 0 bridgehead atoms. The molecule has 0 radical (unpaired) electrons. The minimum absolute atomic E-state index is 0.188. The monoisotopic (exact) mass is 251 g/mol. The van der Waals surface area contributed by atoms with Gasteiger partial charge in [-0.2, -0.15) is 0 Å². The average Bonchev–Trinajstić information content (AvgIpc) is 2.40. The quantitative estimate of drug-likeness (QED) is 0.887. The lowest BCUT2D eigenvalue weighted by molar-refractivity contribution is 0.0691. The van der Waals surface area contributed by atoms with Gasteiger partial charge in [-0.1, -0.05) is 0 Å². The molecular formula is C13H17NO4. The first-order chi connectivity index (χ1) is 8.72. The largest absolute Gasteiger partial charge is 0.491 e. The number of ether oxygens (including phenoxy) is 2. The Morgan fingerprint density at radius 1 is 1.56 bits per heavy atom. The van der Waals surface area contributed by atoms with E-state index in [4.69, 9.17) is 9.47 Å². The Morgan fingerprint density at radius 3 is 2.89 bits per heavy atom. The number of carboxylic acid groups (broad SMARTS) is 1. The van der Waals surface area contributed by atoms with Gasteiger partial charge in [0.05, 0.1) is 12.8 Å². The van der Waals surface area contributed by atoms with Crippen molar-refractivity contribution in [1.82, 2.24) is 4.98 Å². The van der Waals surface area contributed by atoms with Gasteiger partial charge >= 0.3 is 5.97 Å². The van der Waals surface area contributed by atoms with Crippen LogP contribution >= 0.6 is 0 Å². The van der Waals surface area contributed by atoms with Crippen molar-refractivity contribution in [3.8, 4) is 5.75 Å². The summed E-state index contributed by atoms with van der Waals surface area (Å²) in [6.07, 6.45) is 3.29. The summed E-state index contributed by atoms with van der Waals surface area (Å²) in [6.45, 7) is 3.67. The van der Waals surface area contributed by atoms with Gasteiger partial charge in [0, 0.05) is 24.8 Å². The first-order valence-electron chi connectivity index (χ1n) is 6.16. The molecule has 1 aromatic heterocycles. The number of carbonyl (C=O) groups is 1. The van der Waals surface area contributed by atoms with Crippen LogP contribution in [0.15, 0.2) is 12.3 Å². The highest BCUT2D eigenvalue weighted by Crippen LogP contribution is 2.28.